The Hall–Kier alpha value is -2.21. The first kappa shape index (κ1) is 9.35. The summed E-state index contributed by atoms with van der Waals surface area (Å²) in [5, 5.41) is 8.52. The highest BCUT2D eigenvalue weighted by molar-refractivity contribution is 5.57. The fourth-order valence-electron chi connectivity index (χ4n) is 1.31. The van der Waals surface area contributed by atoms with Gasteiger partial charge in [0, 0.05) is 24.2 Å². The van der Waals surface area contributed by atoms with E-state index in [0.29, 0.717) is 6.42 Å². The molecule has 15 heavy (non-hydrogen) atoms. The van der Waals surface area contributed by atoms with E-state index >= 15 is 0 Å². The zero-order chi connectivity index (χ0) is 10.5. The molecule has 0 aromatic carbocycles. The molecule has 72 valence electrons. The molecule has 0 aliphatic rings. The van der Waals surface area contributed by atoms with Crippen molar-refractivity contribution in [3.05, 3.63) is 48.4 Å². The predicted octanol–water partition coefficient (Wildman–Crippen LogP) is 2.21. The zero-order valence-corrected chi connectivity index (χ0v) is 8.09. The molecule has 0 aliphatic heterocycles. The van der Waals surface area contributed by atoms with E-state index in [2.05, 4.69) is 16.0 Å². The number of hydrogen-bond donors (Lipinski definition) is 0. The molecule has 0 saturated heterocycles. The summed E-state index contributed by atoms with van der Waals surface area (Å²) in [6, 6.07) is 9.75. The van der Waals surface area contributed by atoms with Crippen molar-refractivity contribution in [2.24, 2.45) is 0 Å². The highest BCUT2D eigenvalue weighted by Gasteiger charge is 1.98. The molecule has 0 N–H and O–H groups in total. The molecule has 2 heterocycles. The Balaban J connectivity index is 2.29. The summed E-state index contributed by atoms with van der Waals surface area (Å²) >= 11 is 0. The van der Waals surface area contributed by atoms with Gasteiger partial charge in [0.25, 0.3) is 0 Å². The summed E-state index contributed by atoms with van der Waals surface area (Å²) in [4.78, 5) is 8.30. The Bertz CT molecular complexity index is 468. The molecule has 0 radical (unpaired) electrons. The Morgan fingerprint density at radius 3 is 2.73 bits per heavy atom. The molecular formula is C12H9N3. The van der Waals surface area contributed by atoms with Crippen LogP contribution in [0.25, 0.3) is 11.3 Å². The van der Waals surface area contributed by atoms with Crippen molar-refractivity contribution in [2.45, 2.75) is 6.42 Å². The van der Waals surface area contributed by atoms with Crippen LogP contribution in [0.15, 0.2) is 42.9 Å². The molecule has 2 aromatic heterocycles. The largest absolute Gasteiger partial charge is 0.264 e. The Morgan fingerprint density at radius 1 is 1.20 bits per heavy atom. The van der Waals surface area contributed by atoms with Crippen molar-refractivity contribution < 1.29 is 0 Å². The van der Waals surface area contributed by atoms with Crippen molar-refractivity contribution in [3.8, 4) is 17.3 Å². The van der Waals surface area contributed by atoms with E-state index in [-0.39, 0.29) is 0 Å². The minimum Gasteiger partial charge on any atom is -0.264 e. The van der Waals surface area contributed by atoms with E-state index in [1.54, 1.807) is 18.6 Å². The second-order valence-corrected chi connectivity index (χ2v) is 3.13. The van der Waals surface area contributed by atoms with Gasteiger partial charge in [-0.05, 0) is 23.8 Å². The molecule has 3 heteroatoms. The fraction of sp³-hybridized carbons (Fsp3) is 0.0833. The first-order valence-corrected chi connectivity index (χ1v) is 4.62. The smallest absolute Gasteiger partial charge is 0.0717 e. The van der Waals surface area contributed by atoms with Gasteiger partial charge in [0.05, 0.1) is 18.2 Å². The molecule has 0 atom stereocenters. The van der Waals surface area contributed by atoms with Crippen LogP contribution >= 0.6 is 0 Å². The van der Waals surface area contributed by atoms with Crippen molar-refractivity contribution in [3.63, 3.8) is 0 Å². The first-order chi connectivity index (χ1) is 7.40. The maximum Gasteiger partial charge on any atom is 0.0717 e. The first-order valence-electron chi connectivity index (χ1n) is 4.62. The van der Waals surface area contributed by atoms with E-state index in [0.717, 1.165) is 16.8 Å². The van der Waals surface area contributed by atoms with Crippen LogP contribution in [-0.2, 0) is 6.42 Å². The van der Waals surface area contributed by atoms with Gasteiger partial charge < -0.3 is 0 Å². The summed E-state index contributed by atoms with van der Waals surface area (Å²) in [5.41, 5.74) is 2.80. The predicted molar refractivity (Wildman–Crippen MR) is 56.8 cm³/mol. The number of aromatic nitrogens is 2. The molecule has 2 rings (SSSR count). The quantitative estimate of drug-likeness (QED) is 0.738. The zero-order valence-electron chi connectivity index (χ0n) is 8.09. The molecule has 2 aromatic rings. The van der Waals surface area contributed by atoms with Crippen LogP contribution in [0, 0.1) is 11.3 Å². The Kier molecular flexibility index (Phi) is 2.70. The van der Waals surface area contributed by atoms with E-state index < -0.39 is 0 Å². The molecule has 0 bridgehead atoms. The van der Waals surface area contributed by atoms with Crippen molar-refractivity contribution in [1.82, 2.24) is 9.97 Å². The molecular weight excluding hydrogens is 186 g/mol. The van der Waals surface area contributed by atoms with Gasteiger partial charge >= 0.3 is 0 Å². The normalized spacial score (nSPS) is 9.53. The van der Waals surface area contributed by atoms with Gasteiger partial charge in [-0.1, -0.05) is 6.07 Å². The van der Waals surface area contributed by atoms with E-state index in [9.17, 15) is 0 Å². The molecule has 3 nitrogen and oxygen atoms in total. The Labute approximate surface area is 88.1 Å². The van der Waals surface area contributed by atoms with Crippen LogP contribution in [0.5, 0.6) is 0 Å². The fourth-order valence-corrected chi connectivity index (χ4v) is 1.31. The second-order valence-electron chi connectivity index (χ2n) is 3.13. The summed E-state index contributed by atoms with van der Waals surface area (Å²) in [5.74, 6) is 0. The van der Waals surface area contributed by atoms with Crippen LogP contribution in [0.2, 0.25) is 0 Å². The van der Waals surface area contributed by atoms with Gasteiger partial charge in [-0.15, -0.1) is 0 Å². The van der Waals surface area contributed by atoms with Gasteiger partial charge in [-0.2, -0.15) is 5.26 Å². The van der Waals surface area contributed by atoms with Crippen LogP contribution in [-0.4, -0.2) is 9.97 Å². The number of hydrogen-bond acceptors (Lipinski definition) is 3. The van der Waals surface area contributed by atoms with Gasteiger partial charge in [-0.3, -0.25) is 9.97 Å². The monoisotopic (exact) mass is 195 g/mol. The number of nitriles is 1. The third kappa shape index (κ3) is 2.18. The van der Waals surface area contributed by atoms with Gasteiger partial charge in [-0.25, -0.2) is 0 Å². The average Bonchev–Trinajstić information content (AvgIpc) is 2.32. The second kappa shape index (κ2) is 4.34. The summed E-state index contributed by atoms with van der Waals surface area (Å²) < 4.78 is 0. The van der Waals surface area contributed by atoms with E-state index in [1.165, 1.54) is 0 Å². The molecule has 0 aliphatic carbocycles. The van der Waals surface area contributed by atoms with Crippen LogP contribution in [0.4, 0.5) is 0 Å². The molecule has 0 spiro atoms. The number of rotatable bonds is 2. The van der Waals surface area contributed by atoms with E-state index in [1.807, 2.05) is 24.3 Å². The molecule has 0 amide bonds. The van der Waals surface area contributed by atoms with Gasteiger partial charge in [0.2, 0.25) is 0 Å². The third-order valence-corrected chi connectivity index (χ3v) is 2.07. The molecule has 0 unspecified atom stereocenters. The summed E-state index contributed by atoms with van der Waals surface area (Å²) in [6.07, 6.45) is 5.63. The minimum absolute atomic E-state index is 0.403. The van der Waals surface area contributed by atoms with Gasteiger partial charge in [0.1, 0.15) is 0 Å². The highest BCUT2D eigenvalue weighted by Crippen LogP contribution is 2.14. The van der Waals surface area contributed by atoms with Crippen LogP contribution in [0.1, 0.15) is 5.56 Å². The Morgan fingerprint density at radius 2 is 2.13 bits per heavy atom. The number of nitrogens with zero attached hydrogens (tertiary/aromatic N) is 3. The van der Waals surface area contributed by atoms with E-state index in [4.69, 9.17) is 5.26 Å². The maximum absolute atomic E-state index is 8.52. The average molecular weight is 195 g/mol. The maximum atomic E-state index is 8.52. The minimum atomic E-state index is 0.403. The lowest BCUT2D eigenvalue weighted by molar-refractivity contribution is 1.19. The summed E-state index contributed by atoms with van der Waals surface area (Å²) in [6.45, 7) is 0. The standard InChI is InChI=1S/C12H9N3/c13-6-5-10-3-4-12(15-8-10)11-2-1-7-14-9-11/h1-4,7-9H,5H2. The lowest BCUT2D eigenvalue weighted by Gasteiger charge is -2.00. The third-order valence-electron chi connectivity index (χ3n) is 2.07. The number of pyridine rings is 2. The SMILES string of the molecule is N#CCc1ccc(-c2cccnc2)nc1. The van der Waals surface area contributed by atoms with Crippen LogP contribution < -0.4 is 0 Å². The van der Waals surface area contributed by atoms with Gasteiger partial charge in [0.15, 0.2) is 0 Å². The molecule has 0 fully saturated rings. The summed E-state index contributed by atoms with van der Waals surface area (Å²) in [7, 11) is 0. The lowest BCUT2D eigenvalue weighted by Crippen LogP contribution is -1.87. The molecule has 0 saturated carbocycles. The van der Waals surface area contributed by atoms with Crippen molar-refractivity contribution in [2.75, 3.05) is 0 Å². The van der Waals surface area contributed by atoms with Crippen molar-refractivity contribution >= 4 is 0 Å². The van der Waals surface area contributed by atoms with Crippen LogP contribution in [0.3, 0.4) is 0 Å². The van der Waals surface area contributed by atoms with Crippen molar-refractivity contribution in [1.29, 1.82) is 5.26 Å². The highest BCUT2D eigenvalue weighted by atomic mass is 14.7. The topological polar surface area (TPSA) is 49.6 Å². The lowest BCUT2D eigenvalue weighted by atomic mass is 10.1.